The number of carbonyl (C=O) groups excluding carboxylic acids is 4. The van der Waals surface area contributed by atoms with E-state index in [1.807, 2.05) is 0 Å². The minimum Gasteiger partial charge on any atom is -0.274 e. The van der Waals surface area contributed by atoms with Crippen molar-refractivity contribution in [2.24, 2.45) is 35.5 Å². The van der Waals surface area contributed by atoms with Gasteiger partial charge in [-0.15, -0.1) is 0 Å². The van der Waals surface area contributed by atoms with Gasteiger partial charge in [0.1, 0.15) is 11.6 Å². The molecule has 3 aliphatic carbocycles. The summed E-state index contributed by atoms with van der Waals surface area (Å²) < 4.78 is 28.8. The van der Waals surface area contributed by atoms with Gasteiger partial charge in [0.05, 0.1) is 35.0 Å². The fraction of sp³-hybridized carbons (Fsp3) is 0.250. The zero-order valence-corrected chi connectivity index (χ0v) is 16.5. The van der Waals surface area contributed by atoms with E-state index in [1.54, 1.807) is 12.2 Å². The standard InChI is InChI=1S/C24H16F2N2O4/c25-13-5-1-3-7-15(13)27-21(29)17-11-9-10-12(18(17)22(27)30)20-19(11)23(31)28(24(20)32)16-8-4-2-6-14(16)26/h1-12,17-20H/t11?,12?,17-,18-,19-,20-/m1/s1. The first-order valence-corrected chi connectivity index (χ1v) is 10.3. The number of imide groups is 2. The monoisotopic (exact) mass is 434 g/mol. The van der Waals surface area contributed by atoms with Crippen molar-refractivity contribution >= 4 is 35.0 Å². The molecule has 1 saturated carbocycles. The van der Waals surface area contributed by atoms with E-state index in [0.29, 0.717) is 0 Å². The van der Waals surface area contributed by atoms with Gasteiger partial charge in [-0.05, 0) is 24.3 Å². The second-order valence-electron chi connectivity index (χ2n) is 8.57. The maximum Gasteiger partial charge on any atom is 0.238 e. The van der Waals surface area contributed by atoms with Gasteiger partial charge in [-0.25, -0.2) is 18.6 Å². The molecular weight excluding hydrogens is 418 g/mol. The highest BCUT2D eigenvalue weighted by atomic mass is 19.1. The van der Waals surface area contributed by atoms with Gasteiger partial charge in [0.25, 0.3) is 0 Å². The molecule has 4 atom stereocenters. The van der Waals surface area contributed by atoms with Gasteiger partial charge in [0.2, 0.25) is 23.6 Å². The summed E-state index contributed by atoms with van der Waals surface area (Å²) in [5.74, 6) is -8.57. The molecule has 2 aromatic carbocycles. The van der Waals surface area contributed by atoms with Crippen LogP contribution in [0.2, 0.25) is 0 Å². The number of carbonyl (C=O) groups is 4. The second-order valence-corrected chi connectivity index (χ2v) is 8.57. The number of para-hydroxylation sites is 2. The van der Waals surface area contributed by atoms with Crippen LogP contribution in [-0.2, 0) is 19.2 Å². The first-order chi connectivity index (χ1) is 15.4. The van der Waals surface area contributed by atoms with Crippen LogP contribution in [0.25, 0.3) is 0 Å². The average molecular weight is 434 g/mol. The van der Waals surface area contributed by atoms with Gasteiger partial charge in [0.15, 0.2) is 0 Å². The number of rotatable bonds is 2. The molecule has 3 fully saturated rings. The summed E-state index contributed by atoms with van der Waals surface area (Å²) in [6.07, 6.45) is 3.41. The lowest BCUT2D eigenvalue weighted by Gasteiger charge is -2.44. The summed E-state index contributed by atoms with van der Waals surface area (Å²) in [6.45, 7) is 0. The van der Waals surface area contributed by atoms with E-state index in [2.05, 4.69) is 0 Å². The Bertz CT molecular complexity index is 1120. The molecule has 2 aromatic rings. The van der Waals surface area contributed by atoms with E-state index in [-0.39, 0.29) is 11.4 Å². The van der Waals surface area contributed by atoms with Crippen LogP contribution in [0.4, 0.5) is 20.2 Å². The number of halogens is 2. The van der Waals surface area contributed by atoms with Gasteiger partial charge in [-0.2, -0.15) is 0 Å². The van der Waals surface area contributed by atoms with Crippen molar-refractivity contribution in [2.45, 2.75) is 0 Å². The quantitative estimate of drug-likeness (QED) is 0.538. The number of nitrogens with zero attached hydrogens (tertiary/aromatic N) is 2. The van der Waals surface area contributed by atoms with Gasteiger partial charge >= 0.3 is 0 Å². The molecule has 2 heterocycles. The van der Waals surface area contributed by atoms with Crippen molar-refractivity contribution in [1.82, 2.24) is 0 Å². The van der Waals surface area contributed by atoms with Crippen molar-refractivity contribution < 1.29 is 28.0 Å². The molecule has 160 valence electrons. The number of anilines is 2. The zero-order valence-electron chi connectivity index (χ0n) is 16.5. The molecule has 7 rings (SSSR count). The Balaban J connectivity index is 1.43. The van der Waals surface area contributed by atoms with Crippen LogP contribution >= 0.6 is 0 Å². The van der Waals surface area contributed by atoms with Crippen molar-refractivity contribution in [3.8, 4) is 0 Å². The van der Waals surface area contributed by atoms with Crippen LogP contribution in [0, 0.1) is 47.1 Å². The molecule has 32 heavy (non-hydrogen) atoms. The number of benzene rings is 2. The fourth-order valence-electron chi connectivity index (χ4n) is 5.97. The van der Waals surface area contributed by atoms with Gasteiger partial charge < -0.3 is 0 Å². The summed E-state index contributed by atoms with van der Waals surface area (Å²) in [5.41, 5.74) is -0.265. The van der Waals surface area contributed by atoms with Crippen LogP contribution in [0.1, 0.15) is 0 Å². The Morgan fingerprint density at radius 3 is 1.16 bits per heavy atom. The largest absolute Gasteiger partial charge is 0.274 e. The van der Waals surface area contributed by atoms with Crippen molar-refractivity contribution in [1.29, 1.82) is 0 Å². The summed E-state index contributed by atoms with van der Waals surface area (Å²) >= 11 is 0. The van der Waals surface area contributed by atoms with Gasteiger partial charge in [-0.3, -0.25) is 19.2 Å². The van der Waals surface area contributed by atoms with Crippen molar-refractivity contribution in [3.05, 3.63) is 72.3 Å². The first kappa shape index (κ1) is 19.0. The lowest BCUT2D eigenvalue weighted by atomic mass is 9.54. The number of hydrogen-bond acceptors (Lipinski definition) is 4. The number of allylic oxidation sites excluding steroid dienone is 2. The molecule has 2 saturated heterocycles. The third-order valence-corrected chi connectivity index (χ3v) is 7.20. The fourth-order valence-corrected chi connectivity index (χ4v) is 5.97. The predicted molar refractivity (Wildman–Crippen MR) is 108 cm³/mol. The minimum absolute atomic E-state index is 0.132. The Kier molecular flexibility index (Phi) is 3.82. The molecule has 4 amide bonds. The summed E-state index contributed by atoms with van der Waals surface area (Å²) in [4.78, 5) is 54.9. The van der Waals surface area contributed by atoms with Crippen LogP contribution in [0.3, 0.4) is 0 Å². The lowest BCUT2D eigenvalue weighted by Crippen LogP contribution is -2.50. The second kappa shape index (κ2) is 6.41. The van der Waals surface area contributed by atoms with Crippen molar-refractivity contribution in [2.75, 3.05) is 9.80 Å². The molecular formula is C24H16F2N2O4. The molecule has 2 bridgehead atoms. The molecule has 0 spiro atoms. The third kappa shape index (κ3) is 2.21. The highest BCUT2D eigenvalue weighted by Crippen LogP contribution is 2.58. The van der Waals surface area contributed by atoms with Crippen LogP contribution in [0.5, 0.6) is 0 Å². The predicted octanol–water partition coefficient (Wildman–Crippen LogP) is 2.69. The Morgan fingerprint density at radius 2 is 0.844 bits per heavy atom. The van der Waals surface area contributed by atoms with Crippen LogP contribution in [0.15, 0.2) is 60.7 Å². The maximum atomic E-state index is 14.4. The Hall–Kier alpha value is -3.68. The molecule has 0 unspecified atom stereocenters. The molecule has 2 aliphatic heterocycles. The van der Waals surface area contributed by atoms with E-state index in [9.17, 15) is 28.0 Å². The van der Waals surface area contributed by atoms with Crippen LogP contribution in [-0.4, -0.2) is 23.6 Å². The zero-order chi connectivity index (χ0) is 22.3. The molecule has 8 heteroatoms. The molecule has 6 nitrogen and oxygen atoms in total. The highest BCUT2D eigenvalue weighted by molar-refractivity contribution is 6.26. The summed E-state index contributed by atoms with van der Waals surface area (Å²) in [6, 6.07) is 11.0. The summed E-state index contributed by atoms with van der Waals surface area (Å²) in [7, 11) is 0. The number of hydrogen-bond donors (Lipinski definition) is 0. The van der Waals surface area contributed by atoms with E-state index in [4.69, 9.17) is 0 Å². The van der Waals surface area contributed by atoms with E-state index < -0.39 is 70.8 Å². The topological polar surface area (TPSA) is 74.8 Å². The minimum atomic E-state index is -0.865. The van der Waals surface area contributed by atoms with E-state index in [0.717, 1.165) is 9.80 Å². The third-order valence-electron chi connectivity index (χ3n) is 7.20. The van der Waals surface area contributed by atoms with E-state index >= 15 is 0 Å². The Morgan fingerprint density at radius 1 is 0.531 bits per heavy atom. The smallest absolute Gasteiger partial charge is 0.238 e. The highest BCUT2D eigenvalue weighted by Gasteiger charge is 2.69. The van der Waals surface area contributed by atoms with Crippen LogP contribution < -0.4 is 9.80 Å². The average Bonchev–Trinajstić information content (AvgIpc) is 3.22. The molecule has 0 radical (unpaired) electrons. The van der Waals surface area contributed by atoms with Gasteiger partial charge in [0, 0.05) is 11.8 Å². The maximum absolute atomic E-state index is 14.4. The van der Waals surface area contributed by atoms with E-state index in [1.165, 1.54) is 48.5 Å². The lowest BCUT2D eigenvalue weighted by molar-refractivity contribution is -0.137. The normalized spacial score (nSPS) is 32.7. The SMILES string of the molecule is O=C1[C@@H]2C3C=CC([C@H]2C(=O)N1c1ccccc1F)[C@H]1C(=O)N(c2ccccc2F)C(=O)[C@H]31. The molecule has 5 aliphatic rings. The van der Waals surface area contributed by atoms with Crippen molar-refractivity contribution in [3.63, 3.8) is 0 Å². The molecule has 0 N–H and O–H groups in total. The Labute approximate surface area is 181 Å². The van der Waals surface area contributed by atoms with Gasteiger partial charge in [-0.1, -0.05) is 36.4 Å². The number of amides is 4. The summed E-state index contributed by atoms with van der Waals surface area (Å²) in [5, 5.41) is 0. The first-order valence-electron chi connectivity index (χ1n) is 10.3. The molecule has 0 aromatic heterocycles.